The number of nitrogens with one attached hydrogen (secondary N) is 1. The minimum absolute atomic E-state index is 0.107. The first kappa shape index (κ1) is 14.2. The fraction of sp³-hybridized carbons (Fsp3) is 0.158. The quantitative estimate of drug-likeness (QED) is 0.757. The van der Waals surface area contributed by atoms with Crippen molar-refractivity contribution in [1.82, 2.24) is 4.98 Å². The number of hydrogen-bond acceptors (Lipinski definition) is 3. The van der Waals surface area contributed by atoms with E-state index in [0.29, 0.717) is 10.7 Å². The van der Waals surface area contributed by atoms with Gasteiger partial charge in [-0.3, -0.25) is 10.1 Å². The van der Waals surface area contributed by atoms with E-state index in [4.69, 9.17) is 0 Å². The lowest BCUT2D eigenvalue weighted by molar-refractivity contribution is 0.102. The van der Waals surface area contributed by atoms with E-state index in [1.54, 1.807) is 11.3 Å². The fourth-order valence-corrected chi connectivity index (χ4v) is 3.85. The number of anilines is 1. The van der Waals surface area contributed by atoms with Crippen LogP contribution in [-0.2, 0) is 12.8 Å². The zero-order valence-corrected chi connectivity index (χ0v) is 13.6. The minimum atomic E-state index is -0.107. The number of fused-ring (bicyclic) bond motifs is 3. The largest absolute Gasteiger partial charge is 0.298 e. The second kappa shape index (κ2) is 5.63. The van der Waals surface area contributed by atoms with E-state index in [1.165, 1.54) is 16.0 Å². The number of carbonyl (C=O) groups excluding carboxylic acids is 1. The van der Waals surface area contributed by atoms with Gasteiger partial charge in [-0.15, -0.1) is 11.3 Å². The number of carbonyl (C=O) groups is 1. The minimum Gasteiger partial charge on any atom is -0.298 e. The van der Waals surface area contributed by atoms with Crippen LogP contribution in [0.15, 0.2) is 48.5 Å². The average Bonchev–Trinajstić information content (AvgIpc) is 2.98. The molecule has 3 aromatic rings. The van der Waals surface area contributed by atoms with Crippen molar-refractivity contribution in [3.8, 4) is 11.3 Å². The molecule has 1 aromatic heterocycles. The van der Waals surface area contributed by atoms with Gasteiger partial charge in [0.1, 0.15) is 0 Å². The molecule has 0 atom stereocenters. The molecule has 0 fully saturated rings. The Bertz CT molecular complexity index is 881. The van der Waals surface area contributed by atoms with Gasteiger partial charge in [0.05, 0.1) is 5.69 Å². The number of thiazole rings is 1. The topological polar surface area (TPSA) is 42.0 Å². The fourth-order valence-electron chi connectivity index (χ4n) is 2.88. The second-order valence-corrected chi connectivity index (χ2v) is 6.85. The van der Waals surface area contributed by atoms with Crippen LogP contribution in [0.4, 0.5) is 5.13 Å². The van der Waals surface area contributed by atoms with E-state index in [-0.39, 0.29) is 5.91 Å². The molecule has 0 spiro atoms. The van der Waals surface area contributed by atoms with Gasteiger partial charge in [0.2, 0.25) is 0 Å². The predicted octanol–water partition coefficient (Wildman–Crippen LogP) is 4.47. The first-order chi connectivity index (χ1) is 11.2. The lowest BCUT2D eigenvalue weighted by Crippen LogP contribution is -2.11. The van der Waals surface area contributed by atoms with Gasteiger partial charge in [-0.05, 0) is 37.5 Å². The van der Waals surface area contributed by atoms with Crippen LogP contribution < -0.4 is 5.32 Å². The second-order valence-electron chi connectivity index (χ2n) is 5.77. The Morgan fingerprint density at radius 1 is 1.09 bits per heavy atom. The van der Waals surface area contributed by atoms with E-state index >= 15 is 0 Å². The van der Waals surface area contributed by atoms with Crippen LogP contribution in [0.3, 0.4) is 0 Å². The van der Waals surface area contributed by atoms with Gasteiger partial charge in [0.25, 0.3) is 5.91 Å². The van der Waals surface area contributed by atoms with E-state index in [0.717, 1.165) is 24.1 Å². The maximum Gasteiger partial charge on any atom is 0.257 e. The molecule has 2 aromatic carbocycles. The summed E-state index contributed by atoms with van der Waals surface area (Å²) in [4.78, 5) is 18.3. The molecule has 0 saturated carbocycles. The number of rotatable bonds is 2. The van der Waals surface area contributed by atoms with Crippen molar-refractivity contribution >= 4 is 22.4 Å². The summed E-state index contributed by atoms with van der Waals surface area (Å²) in [6.07, 6.45) is 2.03. The maximum atomic E-state index is 12.3. The summed E-state index contributed by atoms with van der Waals surface area (Å²) in [7, 11) is 0. The molecule has 0 radical (unpaired) electrons. The van der Waals surface area contributed by atoms with Crippen molar-refractivity contribution in [2.24, 2.45) is 0 Å². The van der Waals surface area contributed by atoms with Crippen LogP contribution in [0.5, 0.6) is 0 Å². The molecule has 114 valence electrons. The van der Waals surface area contributed by atoms with E-state index in [2.05, 4.69) is 28.5 Å². The molecule has 1 amide bonds. The molecule has 0 unspecified atom stereocenters. The number of amides is 1. The Morgan fingerprint density at radius 3 is 2.70 bits per heavy atom. The van der Waals surface area contributed by atoms with Crippen LogP contribution in [0.25, 0.3) is 11.3 Å². The first-order valence-corrected chi connectivity index (χ1v) is 8.48. The Kier molecular flexibility index (Phi) is 3.46. The van der Waals surface area contributed by atoms with E-state index < -0.39 is 0 Å². The van der Waals surface area contributed by atoms with Crippen LogP contribution in [0.1, 0.15) is 26.4 Å². The molecule has 0 bridgehead atoms. The lowest BCUT2D eigenvalue weighted by atomic mass is 9.94. The predicted molar refractivity (Wildman–Crippen MR) is 94.1 cm³/mol. The van der Waals surface area contributed by atoms with E-state index in [9.17, 15) is 4.79 Å². The molecule has 1 heterocycles. The van der Waals surface area contributed by atoms with Crippen LogP contribution in [0, 0.1) is 6.92 Å². The summed E-state index contributed by atoms with van der Waals surface area (Å²) < 4.78 is 0. The molecule has 1 N–H and O–H groups in total. The Labute approximate surface area is 139 Å². The molecular weight excluding hydrogens is 304 g/mol. The average molecular weight is 320 g/mol. The highest BCUT2D eigenvalue weighted by Crippen LogP contribution is 2.37. The SMILES string of the molecule is Cc1ccc(C(=O)Nc2nc3c(s2)CCc2ccccc2-3)cc1. The third-order valence-electron chi connectivity index (χ3n) is 4.13. The molecular formula is C19H16N2OS. The van der Waals surface area contributed by atoms with Gasteiger partial charge in [0, 0.05) is 16.0 Å². The van der Waals surface area contributed by atoms with E-state index in [1.807, 2.05) is 37.3 Å². The molecule has 23 heavy (non-hydrogen) atoms. The number of hydrogen-bond donors (Lipinski definition) is 1. The van der Waals surface area contributed by atoms with Crippen molar-refractivity contribution in [2.75, 3.05) is 5.32 Å². The van der Waals surface area contributed by atoms with Crippen molar-refractivity contribution in [3.63, 3.8) is 0 Å². The molecule has 0 saturated heterocycles. The van der Waals surface area contributed by atoms with Crippen molar-refractivity contribution in [1.29, 1.82) is 0 Å². The van der Waals surface area contributed by atoms with Gasteiger partial charge >= 0.3 is 0 Å². The monoisotopic (exact) mass is 320 g/mol. The van der Waals surface area contributed by atoms with Gasteiger partial charge in [-0.1, -0.05) is 42.0 Å². The highest BCUT2D eigenvalue weighted by Gasteiger charge is 2.21. The highest BCUT2D eigenvalue weighted by molar-refractivity contribution is 7.16. The summed E-state index contributed by atoms with van der Waals surface area (Å²) in [6, 6.07) is 15.9. The normalized spacial score (nSPS) is 12.4. The number of aryl methyl sites for hydroxylation is 3. The third-order valence-corrected chi connectivity index (χ3v) is 5.16. The summed E-state index contributed by atoms with van der Waals surface area (Å²) >= 11 is 1.58. The van der Waals surface area contributed by atoms with Crippen LogP contribution in [-0.4, -0.2) is 10.9 Å². The summed E-state index contributed by atoms with van der Waals surface area (Å²) in [5, 5.41) is 3.61. The van der Waals surface area contributed by atoms with Gasteiger partial charge in [0.15, 0.2) is 5.13 Å². The smallest absolute Gasteiger partial charge is 0.257 e. The number of benzene rings is 2. The molecule has 1 aliphatic carbocycles. The van der Waals surface area contributed by atoms with Crippen molar-refractivity contribution in [2.45, 2.75) is 19.8 Å². The number of nitrogens with zero attached hydrogens (tertiary/aromatic N) is 1. The number of aromatic nitrogens is 1. The summed E-state index contributed by atoms with van der Waals surface area (Å²) in [5.74, 6) is -0.107. The van der Waals surface area contributed by atoms with Crippen molar-refractivity contribution in [3.05, 3.63) is 70.1 Å². The standard InChI is InChI=1S/C19H16N2OS/c1-12-6-8-14(9-7-12)18(22)21-19-20-17-15-5-3-2-4-13(15)10-11-16(17)23-19/h2-9H,10-11H2,1H3,(H,20,21,22). The Hall–Kier alpha value is -2.46. The zero-order chi connectivity index (χ0) is 15.8. The van der Waals surface area contributed by atoms with Crippen LogP contribution in [0.2, 0.25) is 0 Å². The van der Waals surface area contributed by atoms with Crippen molar-refractivity contribution < 1.29 is 4.79 Å². The summed E-state index contributed by atoms with van der Waals surface area (Å²) in [5.41, 5.74) is 5.35. The highest BCUT2D eigenvalue weighted by atomic mass is 32.1. The molecule has 4 heteroatoms. The van der Waals surface area contributed by atoms with Gasteiger partial charge in [-0.25, -0.2) is 4.98 Å². The summed E-state index contributed by atoms with van der Waals surface area (Å²) in [6.45, 7) is 2.01. The Morgan fingerprint density at radius 2 is 1.87 bits per heavy atom. The van der Waals surface area contributed by atoms with Gasteiger partial charge < -0.3 is 0 Å². The molecule has 3 nitrogen and oxygen atoms in total. The lowest BCUT2D eigenvalue weighted by Gasteiger charge is -2.13. The molecule has 0 aliphatic heterocycles. The van der Waals surface area contributed by atoms with Gasteiger partial charge in [-0.2, -0.15) is 0 Å². The first-order valence-electron chi connectivity index (χ1n) is 7.67. The molecule has 1 aliphatic rings. The zero-order valence-electron chi connectivity index (χ0n) is 12.8. The maximum absolute atomic E-state index is 12.3. The van der Waals surface area contributed by atoms with Crippen LogP contribution >= 0.6 is 11.3 Å². The Balaban J connectivity index is 1.62. The third kappa shape index (κ3) is 2.66. The molecule has 4 rings (SSSR count).